The molecule has 1 amide bonds. The van der Waals surface area contributed by atoms with E-state index in [2.05, 4.69) is 40.6 Å². The zero-order chi connectivity index (χ0) is 28.8. The molecule has 1 unspecified atom stereocenters. The first-order valence-electron chi connectivity index (χ1n) is 13.2. The van der Waals surface area contributed by atoms with Gasteiger partial charge >= 0.3 is 0 Å². The number of nitro benzene ring substituents is 1. The van der Waals surface area contributed by atoms with Gasteiger partial charge in [0.05, 0.1) is 11.0 Å². The van der Waals surface area contributed by atoms with Gasteiger partial charge in [-0.05, 0) is 55.7 Å². The predicted molar refractivity (Wildman–Crippen MR) is 160 cm³/mol. The van der Waals surface area contributed by atoms with Crippen molar-refractivity contribution in [1.29, 1.82) is 0 Å². The van der Waals surface area contributed by atoms with Gasteiger partial charge in [-0.15, -0.1) is 10.2 Å². The summed E-state index contributed by atoms with van der Waals surface area (Å²) < 4.78 is 1.88. The van der Waals surface area contributed by atoms with E-state index < -0.39 is 11.0 Å². The SMILES string of the molecule is Cc1cccc(CSc2nnc(C(Cc3ccccc3)NC(=O)c3cccc(C)c3)n2-c2ccc([N+](=O)[O-])cc2)c1. The van der Waals surface area contributed by atoms with Crippen molar-refractivity contribution in [3.63, 3.8) is 0 Å². The molecule has 0 saturated heterocycles. The lowest BCUT2D eigenvalue weighted by Gasteiger charge is -2.20. The highest BCUT2D eigenvalue weighted by Crippen LogP contribution is 2.30. The molecule has 0 aliphatic carbocycles. The highest BCUT2D eigenvalue weighted by molar-refractivity contribution is 7.98. The van der Waals surface area contributed by atoms with E-state index in [0.29, 0.717) is 34.4 Å². The van der Waals surface area contributed by atoms with E-state index >= 15 is 0 Å². The second-order valence-electron chi connectivity index (χ2n) is 9.81. The maximum absolute atomic E-state index is 13.4. The standard InChI is InChI=1S/C32H29N5O3S/c1-22-8-6-12-25(18-22)21-41-32-35-34-30(36(32)27-14-16-28(17-15-27)37(39)40)29(20-24-10-4-3-5-11-24)33-31(38)26-13-7-9-23(2)19-26/h3-19,29H,20-21H2,1-2H3,(H,33,38). The van der Waals surface area contributed by atoms with Gasteiger partial charge in [0.15, 0.2) is 11.0 Å². The van der Waals surface area contributed by atoms with Crippen molar-refractivity contribution in [2.75, 3.05) is 0 Å². The number of benzene rings is 4. The van der Waals surface area contributed by atoms with Crippen LogP contribution in [-0.4, -0.2) is 25.6 Å². The van der Waals surface area contributed by atoms with Crippen LogP contribution in [0.4, 0.5) is 5.69 Å². The van der Waals surface area contributed by atoms with Crippen LogP contribution in [-0.2, 0) is 12.2 Å². The molecule has 41 heavy (non-hydrogen) atoms. The van der Waals surface area contributed by atoms with Crippen LogP contribution in [0.25, 0.3) is 5.69 Å². The van der Waals surface area contributed by atoms with Crippen LogP contribution in [0, 0.1) is 24.0 Å². The van der Waals surface area contributed by atoms with Crippen LogP contribution in [0.5, 0.6) is 0 Å². The van der Waals surface area contributed by atoms with E-state index in [1.54, 1.807) is 18.2 Å². The zero-order valence-electron chi connectivity index (χ0n) is 22.7. The van der Waals surface area contributed by atoms with Crippen molar-refractivity contribution in [2.45, 2.75) is 37.2 Å². The van der Waals surface area contributed by atoms with Gasteiger partial charge in [0.1, 0.15) is 0 Å². The molecule has 0 bridgehead atoms. The van der Waals surface area contributed by atoms with Crippen LogP contribution in [0.3, 0.4) is 0 Å². The number of rotatable bonds is 10. The molecule has 0 aliphatic heterocycles. The fraction of sp³-hybridized carbons (Fsp3) is 0.156. The Kier molecular flexibility index (Phi) is 8.55. The fourth-order valence-corrected chi connectivity index (χ4v) is 5.50. The summed E-state index contributed by atoms with van der Waals surface area (Å²) in [6, 6.07) is 31.3. The summed E-state index contributed by atoms with van der Waals surface area (Å²) in [6.07, 6.45) is 0.478. The Morgan fingerprint density at radius 2 is 1.56 bits per heavy atom. The molecule has 0 saturated carbocycles. The second kappa shape index (κ2) is 12.6. The number of nitro groups is 1. The smallest absolute Gasteiger partial charge is 0.269 e. The van der Waals surface area contributed by atoms with E-state index in [1.165, 1.54) is 29.5 Å². The van der Waals surface area contributed by atoms with Crippen molar-refractivity contribution < 1.29 is 9.72 Å². The third kappa shape index (κ3) is 6.88. The molecule has 9 heteroatoms. The van der Waals surface area contributed by atoms with Gasteiger partial charge < -0.3 is 5.32 Å². The minimum Gasteiger partial charge on any atom is -0.342 e. The molecular formula is C32H29N5O3S. The number of aryl methyl sites for hydroxylation is 2. The lowest BCUT2D eigenvalue weighted by Crippen LogP contribution is -2.32. The number of carbonyl (C=O) groups is 1. The van der Waals surface area contributed by atoms with Crippen molar-refractivity contribution in [2.24, 2.45) is 0 Å². The number of nitrogens with one attached hydrogen (secondary N) is 1. The minimum absolute atomic E-state index is 0.00840. The monoisotopic (exact) mass is 563 g/mol. The van der Waals surface area contributed by atoms with Crippen LogP contribution < -0.4 is 5.32 Å². The first-order chi connectivity index (χ1) is 19.9. The van der Waals surface area contributed by atoms with Crippen LogP contribution in [0.2, 0.25) is 0 Å². The lowest BCUT2D eigenvalue weighted by atomic mass is 10.0. The third-order valence-corrected chi connectivity index (χ3v) is 7.61. The molecule has 206 valence electrons. The summed E-state index contributed by atoms with van der Waals surface area (Å²) in [5.41, 5.74) is 5.54. The van der Waals surface area contributed by atoms with Crippen LogP contribution in [0.15, 0.2) is 108 Å². The maximum atomic E-state index is 13.4. The third-order valence-electron chi connectivity index (χ3n) is 6.61. The number of hydrogen-bond donors (Lipinski definition) is 1. The highest BCUT2D eigenvalue weighted by atomic mass is 32.2. The van der Waals surface area contributed by atoms with Crippen molar-refractivity contribution in [1.82, 2.24) is 20.1 Å². The van der Waals surface area contributed by atoms with Gasteiger partial charge in [-0.1, -0.05) is 89.6 Å². The Labute approximate surface area is 242 Å². The van der Waals surface area contributed by atoms with E-state index in [4.69, 9.17) is 0 Å². The number of carbonyl (C=O) groups excluding carboxylic acids is 1. The molecule has 5 rings (SSSR count). The molecule has 0 aliphatic rings. The van der Waals surface area contributed by atoms with Crippen LogP contribution >= 0.6 is 11.8 Å². The number of thioether (sulfide) groups is 1. The second-order valence-corrected chi connectivity index (χ2v) is 10.8. The molecule has 8 nitrogen and oxygen atoms in total. The molecular weight excluding hydrogens is 534 g/mol. The highest BCUT2D eigenvalue weighted by Gasteiger charge is 2.26. The molecule has 0 fully saturated rings. The molecule has 4 aromatic carbocycles. The fourth-order valence-electron chi connectivity index (χ4n) is 4.60. The maximum Gasteiger partial charge on any atom is 0.269 e. The predicted octanol–water partition coefficient (Wildman–Crippen LogP) is 6.80. The van der Waals surface area contributed by atoms with Gasteiger partial charge in [-0.3, -0.25) is 19.5 Å². The Balaban J connectivity index is 1.56. The molecule has 1 aromatic heterocycles. The van der Waals surface area contributed by atoms with Gasteiger partial charge in [0, 0.05) is 29.1 Å². The van der Waals surface area contributed by atoms with Gasteiger partial charge in [-0.25, -0.2) is 0 Å². The molecule has 1 N–H and O–H groups in total. The zero-order valence-corrected chi connectivity index (χ0v) is 23.5. The van der Waals surface area contributed by atoms with E-state index in [9.17, 15) is 14.9 Å². The number of non-ortho nitro benzene ring substituents is 1. The minimum atomic E-state index is -0.526. The van der Waals surface area contributed by atoms with E-state index in [0.717, 1.165) is 16.7 Å². The number of amides is 1. The number of hydrogen-bond acceptors (Lipinski definition) is 6. The Morgan fingerprint density at radius 1 is 0.878 bits per heavy atom. The normalized spacial score (nSPS) is 11.7. The van der Waals surface area contributed by atoms with E-state index in [1.807, 2.05) is 66.1 Å². The average Bonchev–Trinajstić information content (AvgIpc) is 3.40. The van der Waals surface area contributed by atoms with E-state index in [-0.39, 0.29) is 11.6 Å². The van der Waals surface area contributed by atoms with Gasteiger partial charge in [0.2, 0.25) is 0 Å². The summed E-state index contributed by atoms with van der Waals surface area (Å²) in [5, 5.41) is 24.3. The Morgan fingerprint density at radius 3 is 2.24 bits per heavy atom. The summed E-state index contributed by atoms with van der Waals surface area (Å²) >= 11 is 1.52. The average molecular weight is 564 g/mol. The summed E-state index contributed by atoms with van der Waals surface area (Å²) in [7, 11) is 0. The molecule has 1 atom stereocenters. The van der Waals surface area contributed by atoms with Crippen molar-refractivity contribution in [3.05, 3.63) is 147 Å². The molecule has 1 heterocycles. The first-order valence-corrected chi connectivity index (χ1v) is 14.2. The quantitative estimate of drug-likeness (QED) is 0.114. The topological polar surface area (TPSA) is 103 Å². The molecule has 0 radical (unpaired) electrons. The summed E-state index contributed by atoms with van der Waals surface area (Å²) in [4.78, 5) is 24.3. The molecule has 5 aromatic rings. The Hall–Kier alpha value is -4.76. The van der Waals surface area contributed by atoms with Gasteiger partial charge in [0.25, 0.3) is 11.6 Å². The molecule has 0 spiro atoms. The number of aromatic nitrogens is 3. The lowest BCUT2D eigenvalue weighted by molar-refractivity contribution is -0.384. The summed E-state index contributed by atoms with van der Waals surface area (Å²) in [6.45, 7) is 4.00. The van der Waals surface area contributed by atoms with Crippen molar-refractivity contribution in [3.8, 4) is 5.69 Å². The van der Waals surface area contributed by atoms with Crippen LogP contribution in [0.1, 0.15) is 44.5 Å². The largest absolute Gasteiger partial charge is 0.342 e. The van der Waals surface area contributed by atoms with Gasteiger partial charge in [-0.2, -0.15) is 0 Å². The Bertz CT molecular complexity index is 1670. The summed E-state index contributed by atoms with van der Waals surface area (Å²) in [5.74, 6) is 0.975. The van der Waals surface area contributed by atoms with Crippen molar-refractivity contribution >= 4 is 23.4 Å². The number of nitrogens with zero attached hydrogens (tertiary/aromatic N) is 4. The first kappa shape index (κ1) is 27.8.